The van der Waals surface area contributed by atoms with Crippen molar-refractivity contribution < 1.29 is 0 Å². The summed E-state index contributed by atoms with van der Waals surface area (Å²) in [6.07, 6.45) is 6.40. The predicted molar refractivity (Wildman–Crippen MR) is 51.9 cm³/mol. The first-order valence-corrected chi connectivity index (χ1v) is 4.54. The van der Waals surface area contributed by atoms with Gasteiger partial charge in [-0.2, -0.15) is 0 Å². The van der Waals surface area contributed by atoms with Crippen LogP contribution < -0.4 is 10.6 Å². The lowest BCUT2D eigenvalue weighted by molar-refractivity contribution is 0.535. The van der Waals surface area contributed by atoms with Crippen LogP contribution in [0.4, 0.5) is 0 Å². The lowest BCUT2D eigenvalue weighted by Crippen LogP contribution is -2.30. The monoisotopic (exact) mass is 166 g/mol. The van der Waals surface area contributed by atoms with E-state index in [1.807, 2.05) is 0 Å². The maximum absolute atomic E-state index is 5.09. The molecule has 1 aliphatic carbocycles. The van der Waals surface area contributed by atoms with Gasteiger partial charge >= 0.3 is 0 Å². The third kappa shape index (κ3) is 2.84. The van der Waals surface area contributed by atoms with Crippen LogP contribution in [0.3, 0.4) is 0 Å². The molecule has 12 heavy (non-hydrogen) atoms. The average molecular weight is 166 g/mol. The molecule has 1 unspecified atom stereocenters. The maximum atomic E-state index is 5.09. The molecule has 0 heterocycles. The largest absolute Gasteiger partial charge is 0.312 e. The number of hydrogen-bond donors (Lipinski definition) is 2. The molecule has 0 bridgehead atoms. The van der Waals surface area contributed by atoms with Crippen molar-refractivity contribution >= 4 is 0 Å². The third-order valence-corrected chi connectivity index (χ3v) is 2.43. The van der Waals surface area contributed by atoms with E-state index in [1.54, 1.807) is 0 Å². The van der Waals surface area contributed by atoms with Crippen LogP contribution in [-0.4, -0.2) is 25.7 Å². The number of nitrogens with one attached hydrogen (secondary N) is 2. The molecule has 1 saturated carbocycles. The van der Waals surface area contributed by atoms with Crippen molar-refractivity contribution in [3.05, 3.63) is 0 Å². The molecule has 68 valence electrons. The highest BCUT2D eigenvalue weighted by atomic mass is 15.0. The minimum Gasteiger partial charge on any atom is -0.312 e. The van der Waals surface area contributed by atoms with Crippen molar-refractivity contribution in [3.8, 4) is 12.3 Å². The molecule has 0 saturated heterocycles. The Bertz CT molecular complexity index is 179. The first-order chi connectivity index (χ1) is 5.67. The van der Waals surface area contributed by atoms with Crippen LogP contribution >= 0.6 is 0 Å². The summed E-state index contributed by atoms with van der Waals surface area (Å²) in [7, 11) is 0. The molecule has 0 aliphatic heterocycles. The fourth-order valence-corrected chi connectivity index (χ4v) is 1.31. The molecule has 0 spiro atoms. The summed E-state index contributed by atoms with van der Waals surface area (Å²) in [4.78, 5) is 0. The molecule has 0 amide bonds. The van der Waals surface area contributed by atoms with Crippen molar-refractivity contribution in [1.82, 2.24) is 10.6 Å². The normalized spacial score (nSPS) is 24.9. The summed E-state index contributed by atoms with van der Waals surface area (Å²) in [5, 5.41) is 6.62. The lowest BCUT2D eigenvalue weighted by Gasteiger charge is -2.05. The Morgan fingerprint density at radius 3 is 2.67 bits per heavy atom. The predicted octanol–water partition coefficient (Wildman–Crippen LogP) is 0.597. The van der Waals surface area contributed by atoms with Gasteiger partial charge in [0.25, 0.3) is 0 Å². The van der Waals surface area contributed by atoms with Crippen LogP contribution in [0.15, 0.2) is 0 Å². The molecule has 1 rings (SSSR count). The Morgan fingerprint density at radius 1 is 1.50 bits per heavy atom. The summed E-state index contributed by atoms with van der Waals surface area (Å²) in [6, 6.07) is 0.727. The van der Waals surface area contributed by atoms with Crippen molar-refractivity contribution in [2.45, 2.75) is 26.3 Å². The molecule has 2 nitrogen and oxygen atoms in total. The minimum absolute atomic E-state index is 0.534. The fraction of sp³-hybridized carbons (Fsp3) is 0.800. The maximum Gasteiger partial charge on any atom is 0.0574 e. The van der Waals surface area contributed by atoms with E-state index in [2.05, 4.69) is 30.4 Å². The number of terminal acetylenes is 1. The van der Waals surface area contributed by atoms with Gasteiger partial charge in [-0.25, -0.2) is 0 Å². The zero-order valence-electron chi connectivity index (χ0n) is 7.98. The molecule has 0 aromatic rings. The van der Waals surface area contributed by atoms with Crippen LogP contribution in [0.25, 0.3) is 0 Å². The molecule has 0 aromatic heterocycles. The summed E-state index contributed by atoms with van der Waals surface area (Å²) in [5.41, 5.74) is 0.534. The topological polar surface area (TPSA) is 24.1 Å². The highest BCUT2D eigenvalue weighted by Crippen LogP contribution is 2.44. The quantitative estimate of drug-likeness (QED) is 0.461. The second-order valence-electron chi connectivity index (χ2n) is 4.08. The van der Waals surface area contributed by atoms with E-state index in [9.17, 15) is 0 Å². The number of hydrogen-bond acceptors (Lipinski definition) is 2. The van der Waals surface area contributed by atoms with Gasteiger partial charge in [-0.05, 0) is 11.8 Å². The molecule has 1 aliphatic rings. The smallest absolute Gasteiger partial charge is 0.0574 e. The zero-order valence-corrected chi connectivity index (χ0v) is 7.98. The molecule has 2 N–H and O–H groups in total. The van der Waals surface area contributed by atoms with Gasteiger partial charge in [-0.1, -0.05) is 19.8 Å². The Kier molecular flexibility index (Phi) is 3.13. The van der Waals surface area contributed by atoms with E-state index in [0.717, 1.165) is 19.1 Å². The average Bonchev–Trinajstić information content (AvgIpc) is 2.59. The summed E-state index contributed by atoms with van der Waals surface area (Å²) < 4.78 is 0. The number of rotatable bonds is 5. The molecule has 1 fully saturated rings. The van der Waals surface area contributed by atoms with Crippen molar-refractivity contribution in [2.75, 3.05) is 19.6 Å². The van der Waals surface area contributed by atoms with Gasteiger partial charge in [-0.15, -0.1) is 6.42 Å². The van der Waals surface area contributed by atoms with Gasteiger partial charge in [0.2, 0.25) is 0 Å². The molecule has 0 radical (unpaired) electrons. The van der Waals surface area contributed by atoms with Gasteiger partial charge in [0.05, 0.1) is 6.54 Å². The van der Waals surface area contributed by atoms with Gasteiger partial charge in [0, 0.05) is 19.1 Å². The second kappa shape index (κ2) is 3.93. The minimum atomic E-state index is 0.534. The van der Waals surface area contributed by atoms with Gasteiger partial charge in [0.15, 0.2) is 0 Å². The van der Waals surface area contributed by atoms with Crippen LogP contribution in [0, 0.1) is 17.8 Å². The van der Waals surface area contributed by atoms with Crippen molar-refractivity contribution in [2.24, 2.45) is 5.41 Å². The summed E-state index contributed by atoms with van der Waals surface area (Å²) >= 11 is 0. The highest BCUT2D eigenvalue weighted by Gasteiger charge is 2.44. The fourth-order valence-electron chi connectivity index (χ4n) is 1.31. The van der Waals surface area contributed by atoms with Gasteiger partial charge in [-0.3, -0.25) is 0 Å². The van der Waals surface area contributed by atoms with E-state index in [-0.39, 0.29) is 0 Å². The van der Waals surface area contributed by atoms with Gasteiger partial charge < -0.3 is 10.6 Å². The Hall–Kier alpha value is -0.520. The van der Waals surface area contributed by atoms with E-state index >= 15 is 0 Å². The summed E-state index contributed by atoms with van der Waals surface area (Å²) in [6.45, 7) is 7.25. The van der Waals surface area contributed by atoms with E-state index in [4.69, 9.17) is 6.42 Å². The van der Waals surface area contributed by atoms with Crippen molar-refractivity contribution in [1.29, 1.82) is 0 Å². The molecule has 0 aromatic carbocycles. The van der Waals surface area contributed by atoms with Crippen LogP contribution in [0.5, 0.6) is 0 Å². The zero-order chi connectivity index (χ0) is 9.03. The molecular weight excluding hydrogens is 148 g/mol. The Labute approximate surface area is 75.1 Å². The van der Waals surface area contributed by atoms with Crippen LogP contribution in [0.2, 0.25) is 0 Å². The first-order valence-electron chi connectivity index (χ1n) is 4.54. The van der Waals surface area contributed by atoms with Gasteiger partial charge in [0.1, 0.15) is 0 Å². The SMILES string of the molecule is C#CCNCCNC1CC1(C)C. The van der Waals surface area contributed by atoms with E-state index in [0.29, 0.717) is 12.0 Å². The Morgan fingerprint density at radius 2 is 2.17 bits per heavy atom. The van der Waals surface area contributed by atoms with E-state index in [1.165, 1.54) is 6.42 Å². The van der Waals surface area contributed by atoms with E-state index < -0.39 is 0 Å². The first kappa shape index (κ1) is 9.57. The molecular formula is C10H18N2. The van der Waals surface area contributed by atoms with Crippen molar-refractivity contribution in [3.63, 3.8) is 0 Å². The highest BCUT2D eigenvalue weighted by molar-refractivity contribution is 5.01. The standard InChI is InChI=1S/C10H18N2/c1-4-5-11-6-7-12-9-8-10(9,2)3/h1,9,11-12H,5-8H2,2-3H3. The van der Waals surface area contributed by atoms with Crippen LogP contribution in [0.1, 0.15) is 20.3 Å². The summed E-state index contributed by atoms with van der Waals surface area (Å²) in [5.74, 6) is 2.55. The second-order valence-corrected chi connectivity index (χ2v) is 4.08. The third-order valence-electron chi connectivity index (χ3n) is 2.43. The Balaban J connectivity index is 1.89. The molecule has 2 heteroatoms. The lowest BCUT2D eigenvalue weighted by atomic mass is 10.2. The molecule has 1 atom stereocenters. The van der Waals surface area contributed by atoms with Crippen LogP contribution in [-0.2, 0) is 0 Å².